The third-order valence-corrected chi connectivity index (χ3v) is 3.01. The number of hydrogen-bond donors (Lipinski definition) is 1. The second-order valence-electron chi connectivity index (χ2n) is 3.25. The van der Waals surface area contributed by atoms with Crippen molar-refractivity contribution in [2.45, 2.75) is 19.4 Å². The van der Waals surface area contributed by atoms with Gasteiger partial charge in [-0.3, -0.25) is 4.79 Å². The van der Waals surface area contributed by atoms with Gasteiger partial charge in [0.05, 0.1) is 0 Å². The van der Waals surface area contributed by atoms with Gasteiger partial charge in [-0.1, -0.05) is 13.0 Å². The van der Waals surface area contributed by atoms with Gasteiger partial charge in [-0.2, -0.15) is 0 Å². The van der Waals surface area contributed by atoms with Gasteiger partial charge in [0.2, 0.25) is 5.91 Å². The molecule has 1 aromatic heterocycles. The molecule has 2 N–H and O–H groups in total. The highest BCUT2D eigenvalue weighted by Crippen LogP contribution is 2.18. The van der Waals surface area contributed by atoms with Gasteiger partial charge in [0, 0.05) is 18.5 Å². The number of carbonyl (C=O) groups is 1. The van der Waals surface area contributed by atoms with E-state index in [0.717, 1.165) is 17.8 Å². The number of rotatable bonds is 4. The summed E-state index contributed by atoms with van der Waals surface area (Å²) in [5.74, 6) is -0.00528. The maximum Gasteiger partial charge on any atom is 0.244 e. The zero-order valence-corrected chi connectivity index (χ0v) is 9.38. The van der Waals surface area contributed by atoms with Crippen molar-refractivity contribution in [3.8, 4) is 0 Å². The van der Waals surface area contributed by atoms with Gasteiger partial charge in [-0.25, -0.2) is 0 Å². The lowest BCUT2D eigenvalue weighted by Crippen LogP contribution is -2.35. The average Bonchev–Trinajstić information content (AvgIpc) is 2.68. The summed E-state index contributed by atoms with van der Waals surface area (Å²) < 4.78 is 0. The number of nitrogens with zero attached hydrogens (tertiary/aromatic N) is 1. The number of thiophene rings is 1. The van der Waals surface area contributed by atoms with Crippen LogP contribution in [0.4, 0.5) is 0 Å². The lowest BCUT2D eigenvalue weighted by molar-refractivity contribution is -0.131. The maximum atomic E-state index is 11.7. The Balaban J connectivity index is 2.61. The first kappa shape index (κ1) is 11.2. The van der Waals surface area contributed by atoms with Crippen molar-refractivity contribution in [2.75, 3.05) is 13.6 Å². The van der Waals surface area contributed by atoms with E-state index in [9.17, 15) is 4.79 Å². The fourth-order valence-corrected chi connectivity index (χ4v) is 1.99. The maximum absolute atomic E-state index is 11.7. The van der Waals surface area contributed by atoms with Crippen molar-refractivity contribution in [1.82, 2.24) is 4.90 Å². The van der Waals surface area contributed by atoms with Crippen molar-refractivity contribution >= 4 is 17.2 Å². The van der Waals surface area contributed by atoms with Gasteiger partial charge in [0.15, 0.2) is 0 Å². The minimum atomic E-state index is -0.494. The normalized spacial score (nSPS) is 12.5. The van der Waals surface area contributed by atoms with Gasteiger partial charge in [-0.15, -0.1) is 11.3 Å². The van der Waals surface area contributed by atoms with Crippen LogP contribution >= 0.6 is 11.3 Å². The first-order chi connectivity index (χ1) is 6.66. The molecule has 1 rings (SSSR count). The summed E-state index contributed by atoms with van der Waals surface area (Å²) in [7, 11) is 1.79. The number of nitrogens with two attached hydrogens (primary N) is 1. The molecule has 14 heavy (non-hydrogen) atoms. The molecule has 4 heteroatoms. The lowest BCUT2D eigenvalue weighted by Gasteiger charge is -2.19. The van der Waals surface area contributed by atoms with Crippen molar-refractivity contribution in [2.24, 2.45) is 5.73 Å². The SMILES string of the molecule is CCCN(C)C(=O)C(N)c1cccs1. The summed E-state index contributed by atoms with van der Waals surface area (Å²) >= 11 is 1.52. The van der Waals surface area contributed by atoms with Crippen LogP contribution in [-0.2, 0) is 4.79 Å². The van der Waals surface area contributed by atoms with Crippen molar-refractivity contribution in [1.29, 1.82) is 0 Å². The molecule has 0 aliphatic rings. The van der Waals surface area contributed by atoms with Crippen LogP contribution < -0.4 is 5.73 Å². The molecule has 0 aromatic carbocycles. The van der Waals surface area contributed by atoms with Crippen LogP contribution in [0, 0.1) is 0 Å². The van der Waals surface area contributed by atoms with E-state index in [-0.39, 0.29) is 5.91 Å². The summed E-state index contributed by atoms with van der Waals surface area (Å²) in [5.41, 5.74) is 5.83. The second kappa shape index (κ2) is 5.12. The number of carbonyl (C=O) groups excluding carboxylic acids is 1. The van der Waals surface area contributed by atoms with E-state index in [2.05, 4.69) is 0 Å². The molecule has 1 heterocycles. The molecule has 78 valence electrons. The summed E-state index contributed by atoms with van der Waals surface area (Å²) in [4.78, 5) is 14.4. The van der Waals surface area contributed by atoms with E-state index in [1.54, 1.807) is 11.9 Å². The average molecular weight is 212 g/mol. The van der Waals surface area contributed by atoms with Crippen LogP contribution in [0.15, 0.2) is 17.5 Å². The van der Waals surface area contributed by atoms with E-state index in [1.165, 1.54) is 11.3 Å². The molecule has 0 radical (unpaired) electrons. The highest BCUT2D eigenvalue weighted by Gasteiger charge is 2.19. The lowest BCUT2D eigenvalue weighted by atomic mass is 10.2. The highest BCUT2D eigenvalue weighted by molar-refractivity contribution is 7.10. The topological polar surface area (TPSA) is 46.3 Å². The van der Waals surface area contributed by atoms with Crippen LogP contribution in [-0.4, -0.2) is 24.4 Å². The molecule has 0 aliphatic carbocycles. The molecule has 0 aliphatic heterocycles. The van der Waals surface area contributed by atoms with E-state index < -0.39 is 6.04 Å². The molecule has 0 saturated heterocycles. The molecular formula is C10H16N2OS. The standard InChI is InChI=1S/C10H16N2OS/c1-3-6-12(2)10(13)9(11)8-5-4-7-14-8/h4-5,7,9H,3,6,11H2,1-2H3. The monoisotopic (exact) mass is 212 g/mol. The quantitative estimate of drug-likeness (QED) is 0.824. The van der Waals surface area contributed by atoms with E-state index in [0.29, 0.717) is 0 Å². The van der Waals surface area contributed by atoms with Crippen molar-refractivity contribution in [3.05, 3.63) is 22.4 Å². The van der Waals surface area contributed by atoms with Gasteiger partial charge < -0.3 is 10.6 Å². The van der Waals surface area contributed by atoms with Crippen LogP contribution in [0.25, 0.3) is 0 Å². The van der Waals surface area contributed by atoms with Gasteiger partial charge in [0.25, 0.3) is 0 Å². The first-order valence-corrected chi connectivity index (χ1v) is 5.58. The Morgan fingerprint density at radius 3 is 2.93 bits per heavy atom. The first-order valence-electron chi connectivity index (χ1n) is 4.70. The highest BCUT2D eigenvalue weighted by atomic mass is 32.1. The van der Waals surface area contributed by atoms with Gasteiger partial charge >= 0.3 is 0 Å². The Bertz CT molecular complexity index is 284. The predicted octanol–water partition coefficient (Wildman–Crippen LogP) is 1.62. The largest absolute Gasteiger partial charge is 0.344 e. The molecule has 0 bridgehead atoms. The Morgan fingerprint density at radius 1 is 1.71 bits per heavy atom. The van der Waals surface area contributed by atoms with E-state index in [1.807, 2.05) is 24.4 Å². The van der Waals surface area contributed by atoms with Crippen molar-refractivity contribution in [3.63, 3.8) is 0 Å². The summed E-state index contributed by atoms with van der Waals surface area (Å²) in [6, 6.07) is 3.31. The molecule has 0 spiro atoms. The van der Waals surface area contributed by atoms with Crippen LogP contribution in [0.5, 0.6) is 0 Å². The molecular weight excluding hydrogens is 196 g/mol. The third-order valence-electron chi connectivity index (χ3n) is 2.05. The minimum absolute atomic E-state index is 0.00528. The molecule has 1 atom stereocenters. The second-order valence-corrected chi connectivity index (χ2v) is 4.23. The molecule has 1 amide bonds. The van der Waals surface area contributed by atoms with Gasteiger partial charge in [0.1, 0.15) is 6.04 Å². The Morgan fingerprint density at radius 2 is 2.43 bits per heavy atom. The fraction of sp³-hybridized carbons (Fsp3) is 0.500. The van der Waals surface area contributed by atoms with Crippen LogP contribution in [0.1, 0.15) is 24.3 Å². The number of amides is 1. The molecule has 1 unspecified atom stereocenters. The summed E-state index contributed by atoms with van der Waals surface area (Å²) in [6.07, 6.45) is 0.958. The number of likely N-dealkylation sites (N-methyl/N-ethyl adjacent to an activating group) is 1. The summed E-state index contributed by atoms with van der Waals surface area (Å²) in [5, 5.41) is 1.93. The molecule has 1 aromatic rings. The Kier molecular flexibility index (Phi) is 4.10. The Hall–Kier alpha value is -0.870. The van der Waals surface area contributed by atoms with Crippen LogP contribution in [0.3, 0.4) is 0 Å². The van der Waals surface area contributed by atoms with Gasteiger partial charge in [-0.05, 0) is 17.9 Å². The molecule has 3 nitrogen and oxygen atoms in total. The predicted molar refractivity (Wildman–Crippen MR) is 59.2 cm³/mol. The van der Waals surface area contributed by atoms with Crippen molar-refractivity contribution < 1.29 is 4.79 Å². The summed E-state index contributed by atoms with van der Waals surface area (Å²) in [6.45, 7) is 2.80. The van der Waals surface area contributed by atoms with E-state index in [4.69, 9.17) is 5.73 Å². The molecule has 0 saturated carbocycles. The zero-order valence-electron chi connectivity index (χ0n) is 8.56. The minimum Gasteiger partial charge on any atom is -0.344 e. The number of hydrogen-bond acceptors (Lipinski definition) is 3. The van der Waals surface area contributed by atoms with E-state index >= 15 is 0 Å². The molecule has 0 fully saturated rings. The zero-order chi connectivity index (χ0) is 10.6. The fourth-order valence-electron chi connectivity index (χ4n) is 1.27. The Labute approximate surface area is 88.5 Å². The smallest absolute Gasteiger partial charge is 0.244 e. The van der Waals surface area contributed by atoms with Crippen LogP contribution in [0.2, 0.25) is 0 Å². The third kappa shape index (κ3) is 2.56.